The predicted molar refractivity (Wildman–Crippen MR) is 124 cm³/mol. The highest BCUT2D eigenvalue weighted by Crippen LogP contribution is 2.31. The highest BCUT2D eigenvalue weighted by Gasteiger charge is 2.18. The second kappa shape index (κ2) is 11.7. The Labute approximate surface area is 201 Å². The Balaban J connectivity index is 1.76. The largest absolute Gasteiger partial charge is 0.494 e. The van der Waals surface area contributed by atoms with E-state index in [-0.39, 0.29) is 54.6 Å². The number of ether oxygens (including phenoxy) is 3. The van der Waals surface area contributed by atoms with E-state index < -0.39 is 5.82 Å². The van der Waals surface area contributed by atoms with Gasteiger partial charge in [-0.15, -0.1) is 0 Å². The van der Waals surface area contributed by atoms with Gasteiger partial charge in [0, 0.05) is 24.0 Å². The number of aromatic nitrogens is 1. The zero-order valence-corrected chi connectivity index (χ0v) is 19.2. The highest BCUT2D eigenvalue weighted by atomic mass is 19.1. The molecule has 0 aliphatic carbocycles. The zero-order valence-electron chi connectivity index (χ0n) is 19.2. The summed E-state index contributed by atoms with van der Waals surface area (Å²) in [6.45, 7) is -0.0710. The minimum Gasteiger partial charge on any atom is -0.494 e. The number of Topliss-reactive ketones (excluding diaryl/α,β-unsaturated/α-hetero) is 2. The van der Waals surface area contributed by atoms with Crippen molar-refractivity contribution in [3.05, 3.63) is 71.2 Å². The molecule has 0 unspecified atom stereocenters. The summed E-state index contributed by atoms with van der Waals surface area (Å²) >= 11 is 0. The molecule has 1 heterocycles. The number of aliphatic hydroxyl groups is 1. The number of nitrogens with zero attached hydrogens (tertiary/aromatic N) is 2. The summed E-state index contributed by atoms with van der Waals surface area (Å²) in [4.78, 5) is 29.8. The number of methoxy groups -OCH3 is 2. The first kappa shape index (κ1) is 25.3. The molecular weight excluding hydrogens is 455 g/mol. The fourth-order valence-electron chi connectivity index (χ4n) is 3.35. The number of nitriles is 1. The fourth-order valence-corrected chi connectivity index (χ4v) is 3.35. The average molecular weight is 478 g/mol. The van der Waals surface area contributed by atoms with Gasteiger partial charge in [0.25, 0.3) is 0 Å². The van der Waals surface area contributed by atoms with E-state index in [2.05, 4.69) is 4.98 Å². The second-order valence-corrected chi connectivity index (χ2v) is 7.34. The first-order valence-corrected chi connectivity index (χ1v) is 10.6. The average Bonchev–Trinajstić information content (AvgIpc) is 2.90. The molecule has 35 heavy (non-hydrogen) atoms. The topological polar surface area (TPSA) is 119 Å². The lowest BCUT2D eigenvalue weighted by Gasteiger charge is -2.11. The molecule has 0 aliphatic heterocycles. The van der Waals surface area contributed by atoms with Crippen molar-refractivity contribution >= 4 is 11.6 Å². The Morgan fingerprint density at radius 3 is 2.37 bits per heavy atom. The van der Waals surface area contributed by atoms with Gasteiger partial charge in [-0.3, -0.25) is 9.59 Å². The van der Waals surface area contributed by atoms with Crippen LogP contribution in [-0.4, -0.2) is 49.1 Å². The van der Waals surface area contributed by atoms with Gasteiger partial charge in [-0.05, 0) is 48.5 Å². The summed E-state index contributed by atoms with van der Waals surface area (Å²) in [6, 6.07) is 13.4. The summed E-state index contributed by atoms with van der Waals surface area (Å²) in [7, 11) is 2.87. The Hall–Kier alpha value is -4.29. The molecule has 180 valence electrons. The second-order valence-electron chi connectivity index (χ2n) is 7.34. The number of carbonyl (C=O) groups excluding carboxylic acids is 2. The molecule has 8 nitrogen and oxygen atoms in total. The van der Waals surface area contributed by atoms with Crippen molar-refractivity contribution in [3.8, 4) is 34.6 Å². The van der Waals surface area contributed by atoms with Crippen LogP contribution in [0.2, 0.25) is 0 Å². The molecule has 0 saturated heterocycles. The lowest BCUT2D eigenvalue weighted by atomic mass is 10.0. The lowest BCUT2D eigenvalue weighted by Crippen LogP contribution is -2.08. The van der Waals surface area contributed by atoms with Crippen molar-refractivity contribution in [2.24, 2.45) is 0 Å². The summed E-state index contributed by atoms with van der Waals surface area (Å²) in [5.41, 5.74) is 1.01. The Morgan fingerprint density at radius 2 is 1.69 bits per heavy atom. The molecule has 1 N–H and O–H groups in total. The number of halogens is 1. The summed E-state index contributed by atoms with van der Waals surface area (Å²) < 4.78 is 29.6. The molecule has 0 amide bonds. The Bertz CT molecular complexity index is 1290. The first-order chi connectivity index (χ1) is 16.9. The number of aliphatic hydroxyl groups excluding tert-OH is 1. The van der Waals surface area contributed by atoms with Crippen molar-refractivity contribution < 1.29 is 33.3 Å². The maximum atomic E-state index is 13.7. The SMILES string of the molecule is COc1cc(C(=O)CCC(=O)c2ccc(OC)c(-c3ccc(F)c(C#N)c3)n2)ccc1OCCO. The molecule has 3 rings (SSSR count). The molecule has 0 bridgehead atoms. The molecule has 0 fully saturated rings. The number of benzene rings is 2. The number of ketones is 2. The lowest BCUT2D eigenvalue weighted by molar-refractivity contribution is 0.0914. The molecule has 0 atom stereocenters. The smallest absolute Gasteiger partial charge is 0.181 e. The van der Waals surface area contributed by atoms with Crippen LogP contribution in [0.25, 0.3) is 11.3 Å². The van der Waals surface area contributed by atoms with E-state index >= 15 is 0 Å². The van der Waals surface area contributed by atoms with Crippen molar-refractivity contribution in [2.45, 2.75) is 12.8 Å². The number of hydrogen-bond donors (Lipinski definition) is 1. The monoisotopic (exact) mass is 478 g/mol. The van der Waals surface area contributed by atoms with Crippen molar-refractivity contribution in [2.75, 3.05) is 27.4 Å². The minimum atomic E-state index is -0.661. The van der Waals surface area contributed by atoms with Crippen LogP contribution in [-0.2, 0) is 0 Å². The number of rotatable bonds is 11. The van der Waals surface area contributed by atoms with Gasteiger partial charge in [-0.1, -0.05) is 0 Å². The van der Waals surface area contributed by atoms with Gasteiger partial charge in [0.1, 0.15) is 35.6 Å². The van der Waals surface area contributed by atoms with Gasteiger partial charge < -0.3 is 19.3 Å². The van der Waals surface area contributed by atoms with Crippen LogP contribution >= 0.6 is 0 Å². The Morgan fingerprint density at radius 1 is 0.971 bits per heavy atom. The van der Waals surface area contributed by atoms with Crippen molar-refractivity contribution in [3.63, 3.8) is 0 Å². The fraction of sp³-hybridized carbons (Fsp3) is 0.231. The minimum absolute atomic E-state index is 0.0585. The van der Waals surface area contributed by atoms with E-state index in [9.17, 15) is 14.0 Å². The normalized spacial score (nSPS) is 10.4. The molecule has 1 aromatic heterocycles. The molecule has 0 spiro atoms. The van der Waals surface area contributed by atoms with Crippen LogP contribution < -0.4 is 14.2 Å². The van der Waals surface area contributed by atoms with E-state index in [1.807, 2.05) is 0 Å². The first-order valence-electron chi connectivity index (χ1n) is 10.6. The Kier molecular flexibility index (Phi) is 8.48. The third kappa shape index (κ3) is 5.99. The number of pyridine rings is 1. The van der Waals surface area contributed by atoms with Gasteiger partial charge in [0.2, 0.25) is 0 Å². The highest BCUT2D eigenvalue weighted by molar-refractivity contribution is 6.02. The molecule has 9 heteroatoms. The zero-order chi connectivity index (χ0) is 25.4. The van der Waals surface area contributed by atoms with Crippen LogP contribution in [0.5, 0.6) is 17.2 Å². The van der Waals surface area contributed by atoms with E-state index in [0.29, 0.717) is 28.4 Å². The van der Waals surface area contributed by atoms with Crippen molar-refractivity contribution in [1.29, 1.82) is 5.26 Å². The summed E-state index contributed by atoms with van der Waals surface area (Å²) in [5, 5.41) is 18.0. The van der Waals surface area contributed by atoms with E-state index in [4.69, 9.17) is 24.6 Å². The molecule has 0 aliphatic rings. The molecular formula is C26H23FN2O6. The summed E-state index contributed by atoms with van der Waals surface area (Å²) in [5.74, 6) is -0.206. The van der Waals surface area contributed by atoms with Crippen LogP contribution in [0, 0.1) is 17.1 Å². The molecule has 2 aromatic carbocycles. The third-order valence-corrected chi connectivity index (χ3v) is 5.14. The van der Waals surface area contributed by atoms with Gasteiger partial charge in [0.05, 0.1) is 26.4 Å². The molecule has 3 aromatic rings. The van der Waals surface area contributed by atoms with Crippen LogP contribution in [0.15, 0.2) is 48.5 Å². The van der Waals surface area contributed by atoms with Gasteiger partial charge in [-0.2, -0.15) is 5.26 Å². The maximum Gasteiger partial charge on any atom is 0.181 e. The standard InChI is InChI=1S/C26H23FN2O6/c1-33-24-10-6-20(29-26(24)17-3-5-19(27)18(13-17)15-28)22(32)8-7-21(31)16-4-9-23(35-12-11-30)25(14-16)34-2/h3-6,9-10,13-14,30H,7-8,11-12H2,1-2H3. The van der Waals surface area contributed by atoms with E-state index in [0.717, 1.165) is 6.07 Å². The van der Waals surface area contributed by atoms with Crippen LogP contribution in [0.3, 0.4) is 0 Å². The molecule has 0 saturated carbocycles. The van der Waals surface area contributed by atoms with Crippen molar-refractivity contribution in [1.82, 2.24) is 4.98 Å². The van der Waals surface area contributed by atoms with E-state index in [1.165, 1.54) is 38.5 Å². The van der Waals surface area contributed by atoms with Gasteiger partial charge in [-0.25, -0.2) is 9.37 Å². The predicted octanol–water partition coefficient (Wildman–Crippen LogP) is 3.99. The summed E-state index contributed by atoms with van der Waals surface area (Å²) in [6.07, 6.45) is -0.146. The van der Waals surface area contributed by atoms with E-state index in [1.54, 1.807) is 24.3 Å². The molecule has 0 radical (unpaired) electrons. The number of hydrogen-bond acceptors (Lipinski definition) is 8. The van der Waals surface area contributed by atoms with Gasteiger partial charge in [0.15, 0.2) is 23.1 Å². The maximum absolute atomic E-state index is 13.7. The van der Waals surface area contributed by atoms with Crippen LogP contribution in [0.4, 0.5) is 4.39 Å². The number of carbonyl (C=O) groups is 2. The third-order valence-electron chi connectivity index (χ3n) is 5.14. The van der Waals surface area contributed by atoms with Gasteiger partial charge >= 0.3 is 0 Å². The quantitative estimate of drug-likeness (QED) is 0.411. The van der Waals surface area contributed by atoms with Crippen LogP contribution in [0.1, 0.15) is 39.3 Å².